The highest BCUT2D eigenvalue weighted by Gasteiger charge is 2.30. The first-order chi connectivity index (χ1) is 11.1. The van der Waals surface area contributed by atoms with E-state index in [9.17, 15) is 22.6 Å². The molecule has 0 saturated heterocycles. The smallest absolute Gasteiger partial charge is 0.416 e. The molecule has 0 aliphatic carbocycles. The first-order valence-electron chi connectivity index (χ1n) is 7.94. The van der Waals surface area contributed by atoms with Gasteiger partial charge in [-0.05, 0) is 38.1 Å². The fourth-order valence-corrected chi connectivity index (χ4v) is 3.71. The van der Waals surface area contributed by atoms with Crippen LogP contribution in [0.2, 0.25) is 0 Å². The molecule has 1 rings (SSSR count). The van der Waals surface area contributed by atoms with Crippen molar-refractivity contribution in [2.24, 2.45) is 0 Å². The molecule has 0 spiro atoms. The molecule has 2 unspecified atom stereocenters. The largest absolute Gasteiger partial charge is 0.778 e. The Hall–Kier alpha value is -0.880. The van der Waals surface area contributed by atoms with Crippen molar-refractivity contribution in [2.45, 2.75) is 45.6 Å². The summed E-state index contributed by atoms with van der Waals surface area (Å²) in [5, 5.41) is 0. The molecule has 24 heavy (non-hydrogen) atoms. The number of alkyl halides is 3. The van der Waals surface area contributed by atoms with Crippen molar-refractivity contribution < 1.29 is 27.2 Å². The summed E-state index contributed by atoms with van der Waals surface area (Å²) in [7, 11) is -4.26. The van der Waals surface area contributed by atoms with E-state index in [-0.39, 0.29) is 5.56 Å². The van der Waals surface area contributed by atoms with Gasteiger partial charge in [0.1, 0.15) is 7.60 Å². The van der Waals surface area contributed by atoms with Crippen molar-refractivity contribution in [1.82, 2.24) is 4.90 Å². The lowest BCUT2D eigenvalue weighted by atomic mass is 10.1. The Labute approximate surface area is 141 Å². The molecule has 2 atom stereocenters. The number of nitrogens with zero attached hydrogens (tertiary/aromatic N) is 1. The van der Waals surface area contributed by atoms with Crippen molar-refractivity contribution in [2.75, 3.05) is 19.6 Å². The molecule has 0 heterocycles. The van der Waals surface area contributed by atoms with Crippen molar-refractivity contribution in [1.29, 1.82) is 0 Å². The third kappa shape index (κ3) is 7.34. The monoisotopic (exact) mass is 366 g/mol. The maximum absolute atomic E-state index is 12.7. The van der Waals surface area contributed by atoms with Crippen LogP contribution in [0.5, 0.6) is 0 Å². The van der Waals surface area contributed by atoms with Crippen LogP contribution >= 0.6 is 7.60 Å². The molecule has 0 N–H and O–H groups in total. The average molecular weight is 366 g/mol. The summed E-state index contributed by atoms with van der Waals surface area (Å²) in [6, 6.07) is 4.30. The normalized spacial score (nSPS) is 16.2. The zero-order chi connectivity index (χ0) is 18.4. The fourth-order valence-electron chi connectivity index (χ4n) is 2.34. The second-order valence-electron chi connectivity index (χ2n) is 5.70. The van der Waals surface area contributed by atoms with Gasteiger partial charge in [-0.15, -0.1) is 0 Å². The van der Waals surface area contributed by atoms with E-state index >= 15 is 0 Å². The number of rotatable bonds is 9. The zero-order valence-electron chi connectivity index (χ0n) is 14.2. The maximum Gasteiger partial charge on any atom is 0.416 e. The molecule has 1 aromatic rings. The van der Waals surface area contributed by atoms with Crippen molar-refractivity contribution in [3.05, 3.63) is 35.4 Å². The highest BCUT2D eigenvalue weighted by molar-refractivity contribution is 7.50. The minimum atomic E-state index is -4.50. The van der Waals surface area contributed by atoms with Gasteiger partial charge >= 0.3 is 6.18 Å². The molecule has 0 aliphatic heterocycles. The average Bonchev–Trinajstić information content (AvgIpc) is 2.46. The predicted octanol–water partition coefficient (Wildman–Crippen LogP) is 3.90. The van der Waals surface area contributed by atoms with Crippen LogP contribution in [0.4, 0.5) is 13.2 Å². The number of hydrogen-bond acceptors (Lipinski definition) is 4. The minimum Gasteiger partial charge on any atom is -0.778 e. The molecular weight excluding hydrogens is 342 g/mol. The van der Waals surface area contributed by atoms with Crippen molar-refractivity contribution >= 4 is 7.60 Å². The summed E-state index contributed by atoms with van der Waals surface area (Å²) >= 11 is 0. The van der Waals surface area contributed by atoms with Gasteiger partial charge in [-0.2, -0.15) is 13.2 Å². The van der Waals surface area contributed by atoms with Crippen LogP contribution in [0.25, 0.3) is 0 Å². The van der Waals surface area contributed by atoms with E-state index in [0.717, 1.165) is 25.2 Å². The predicted molar refractivity (Wildman–Crippen MR) is 85.7 cm³/mol. The molecule has 4 nitrogen and oxygen atoms in total. The van der Waals surface area contributed by atoms with Gasteiger partial charge in [0.05, 0.1) is 11.7 Å². The lowest BCUT2D eigenvalue weighted by Crippen LogP contribution is -2.27. The second-order valence-corrected chi connectivity index (χ2v) is 7.45. The highest BCUT2D eigenvalue weighted by Crippen LogP contribution is 2.43. The Morgan fingerprint density at radius 3 is 2.46 bits per heavy atom. The summed E-state index contributed by atoms with van der Waals surface area (Å²) < 4.78 is 55.2. The van der Waals surface area contributed by atoms with Crippen LogP contribution in [0.3, 0.4) is 0 Å². The molecule has 0 radical (unpaired) electrons. The van der Waals surface area contributed by atoms with Gasteiger partial charge in [-0.3, -0.25) is 0 Å². The minimum absolute atomic E-state index is 0.0686. The van der Waals surface area contributed by atoms with Crippen LogP contribution in [0, 0.1) is 0 Å². The van der Waals surface area contributed by atoms with Gasteiger partial charge in [0.25, 0.3) is 0 Å². The molecule has 0 bridgehead atoms. The van der Waals surface area contributed by atoms with Crippen LogP contribution in [0.15, 0.2) is 24.3 Å². The van der Waals surface area contributed by atoms with E-state index in [1.807, 2.05) is 13.8 Å². The summed E-state index contributed by atoms with van der Waals surface area (Å²) in [4.78, 5) is 14.2. The van der Waals surface area contributed by atoms with Gasteiger partial charge in [0, 0.05) is 12.7 Å². The fraction of sp³-hybridized carbons (Fsp3) is 0.625. The van der Waals surface area contributed by atoms with E-state index in [2.05, 4.69) is 4.90 Å². The SMILES string of the molecule is CCN(CC)CCC(C)OP(=O)([O-])Cc1cccc(C(F)(F)F)c1. The highest BCUT2D eigenvalue weighted by atomic mass is 31.2. The van der Waals surface area contributed by atoms with Crippen LogP contribution in [-0.4, -0.2) is 30.6 Å². The van der Waals surface area contributed by atoms with Crippen molar-refractivity contribution in [3.8, 4) is 0 Å². The molecule has 0 aromatic heterocycles. The molecular formula is C16H24F3NO3P-. The van der Waals surface area contributed by atoms with Crippen molar-refractivity contribution in [3.63, 3.8) is 0 Å². The molecule has 0 amide bonds. The summed E-state index contributed by atoms with van der Waals surface area (Å²) in [5.41, 5.74) is -0.798. The van der Waals surface area contributed by atoms with E-state index in [1.165, 1.54) is 12.1 Å². The molecule has 8 heteroatoms. The molecule has 0 saturated carbocycles. The quantitative estimate of drug-likeness (QED) is 0.622. The Morgan fingerprint density at radius 2 is 1.92 bits per heavy atom. The Bertz CT molecular complexity index is 562. The van der Waals surface area contributed by atoms with Crippen LogP contribution < -0.4 is 4.89 Å². The van der Waals surface area contributed by atoms with E-state index in [0.29, 0.717) is 13.0 Å². The maximum atomic E-state index is 12.7. The van der Waals surface area contributed by atoms with E-state index in [1.54, 1.807) is 6.92 Å². The summed E-state index contributed by atoms with van der Waals surface area (Å²) in [6.07, 6.45) is -5.02. The third-order valence-corrected chi connectivity index (χ3v) is 5.15. The topological polar surface area (TPSA) is 52.6 Å². The molecule has 1 aromatic carbocycles. The second kappa shape index (κ2) is 8.99. The first-order valence-corrected chi connectivity index (χ1v) is 9.67. The molecule has 138 valence electrons. The summed E-state index contributed by atoms with van der Waals surface area (Å²) in [6.45, 7) is 8.12. The zero-order valence-corrected chi connectivity index (χ0v) is 15.1. The number of halogens is 3. The first kappa shape index (κ1) is 21.2. The van der Waals surface area contributed by atoms with Gasteiger partial charge < -0.3 is 18.9 Å². The van der Waals surface area contributed by atoms with Crippen LogP contribution in [0.1, 0.15) is 38.3 Å². The Kier molecular flexibility index (Phi) is 7.93. The summed E-state index contributed by atoms with van der Waals surface area (Å²) in [5.74, 6) is 0. The molecule has 0 fully saturated rings. The number of hydrogen-bond donors (Lipinski definition) is 0. The lowest BCUT2D eigenvalue weighted by Gasteiger charge is -2.28. The molecule has 0 aliphatic rings. The third-order valence-electron chi connectivity index (χ3n) is 3.72. The number of benzene rings is 1. The standard InChI is InChI=1S/C16H25F3NO3P/c1-4-20(5-2)10-9-13(3)23-24(21,22)12-14-7-6-8-15(11-14)16(17,18)19/h6-8,11,13H,4-5,9-10,12H2,1-3H3,(H,21,22)/p-1. The Balaban J connectivity index is 2.64. The lowest BCUT2D eigenvalue weighted by molar-refractivity contribution is -0.202. The van der Waals surface area contributed by atoms with E-state index in [4.69, 9.17) is 4.52 Å². The van der Waals surface area contributed by atoms with Gasteiger partial charge in [-0.25, -0.2) is 0 Å². The van der Waals surface area contributed by atoms with Gasteiger partial charge in [-0.1, -0.05) is 32.0 Å². The Morgan fingerprint density at radius 1 is 1.29 bits per heavy atom. The van der Waals surface area contributed by atoms with Gasteiger partial charge in [0.2, 0.25) is 0 Å². The van der Waals surface area contributed by atoms with Crippen LogP contribution in [-0.2, 0) is 21.4 Å². The van der Waals surface area contributed by atoms with Gasteiger partial charge in [0.15, 0.2) is 0 Å². The van der Waals surface area contributed by atoms with E-state index < -0.39 is 31.6 Å².